The molecule has 0 bridgehead atoms. The molecule has 1 aliphatic rings. The first-order valence-corrected chi connectivity index (χ1v) is 9.33. The zero-order chi connectivity index (χ0) is 19.9. The summed E-state index contributed by atoms with van der Waals surface area (Å²) < 4.78 is 41.4. The molecule has 148 valence electrons. The van der Waals surface area contributed by atoms with Gasteiger partial charge in [-0.25, -0.2) is 19.5 Å². The van der Waals surface area contributed by atoms with Crippen molar-refractivity contribution in [3.8, 4) is 0 Å². The second kappa shape index (κ2) is 7.12. The number of aromatic nitrogens is 5. The van der Waals surface area contributed by atoms with Crippen molar-refractivity contribution in [3.05, 3.63) is 53.0 Å². The SMILES string of the molecule is CCc1cc(C(F)(F)F)n2nc([C@@H]3CCCN3Cc3cnc(C)nc3)cc2n1. The van der Waals surface area contributed by atoms with Crippen LogP contribution in [0, 0.1) is 6.92 Å². The van der Waals surface area contributed by atoms with E-state index < -0.39 is 11.9 Å². The van der Waals surface area contributed by atoms with E-state index in [1.165, 1.54) is 0 Å². The molecule has 1 fully saturated rings. The normalized spacial score (nSPS) is 18.2. The van der Waals surface area contributed by atoms with Gasteiger partial charge >= 0.3 is 6.18 Å². The lowest BCUT2D eigenvalue weighted by atomic mass is 10.1. The molecule has 0 aliphatic carbocycles. The molecule has 4 rings (SSSR count). The van der Waals surface area contributed by atoms with Gasteiger partial charge in [-0.3, -0.25) is 4.90 Å². The number of aryl methyl sites for hydroxylation is 2. The predicted octanol–water partition coefficient (Wildman–Crippen LogP) is 3.75. The van der Waals surface area contributed by atoms with E-state index in [9.17, 15) is 13.2 Å². The first-order chi connectivity index (χ1) is 13.3. The maximum absolute atomic E-state index is 13.5. The van der Waals surface area contributed by atoms with Gasteiger partial charge in [0.15, 0.2) is 5.65 Å². The van der Waals surface area contributed by atoms with Crippen LogP contribution in [0.25, 0.3) is 5.65 Å². The number of hydrogen-bond acceptors (Lipinski definition) is 5. The number of hydrogen-bond donors (Lipinski definition) is 0. The van der Waals surface area contributed by atoms with Crippen molar-refractivity contribution in [3.63, 3.8) is 0 Å². The quantitative estimate of drug-likeness (QED) is 0.679. The van der Waals surface area contributed by atoms with Crippen molar-refractivity contribution < 1.29 is 13.2 Å². The summed E-state index contributed by atoms with van der Waals surface area (Å²) in [4.78, 5) is 15.0. The molecule has 1 aliphatic heterocycles. The fraction of sp³-hybridized carbons (Fsp3) is 0.474. The standard InChI is InChI=1S/C19H21F3N6/c1-3-14-7-17(19(20,21)22)28-18(25-14)8-15(26-28)16-5-4-6-27(16)11-13-9-23-12(2)24-10-13/h7-10,16H,3-6,11H2,1-2H3/t16-/m0/s1. The molecule has 9 heteroatoms. The fourth-order valence-electron chi connectivity index (χ4n) is 3.68. The van der Waals surface area contributed by atoms with E-state index >= 15 is 0 Å². The molecule has 1 saturated heterocycles. The van der Waals surface area contributed by atoms with E-state index in [1.807, 2.05) is 6.92 Å². The van der Waals surface area contributed by atoms with Crippen molar-refractivity contribution in [2.24, 2.45) is 0 Å². The maximum Gasteiger partial charge on any atom is 0.433 e. The topological polar surface area (TPSA) is 59.2 Å². The lowest BCUT2D eigenvalue weighted by Gasteiger charge is -2.22. The highest BCUT2D eigenvalue weighted by atomic mass is 19.4. The molecule has 28 heavy (non-hydrogen) atoms. The number of rotatable bonds is 4. The van der Waals surface area contributed by atoms with Crippen LogP contribution in [0.2, 0.25) is 0 Å². The van der Waals surface area contributed by atoms with Crippen LogP contribution >= 0.6 is 0 Å². The summed E-state index contributed by atoms with van der Waals surface area (Å²) in [7, 11) is 0. The minimum Gasteiger partial charge on any atom is -0.290 e. The highest BCUT2D eigenvalue weighted by molar-refractivity contribution is 5.43. The van der Waals surface area contributed by atoms with Gasteiger partial charge in [0, 0.05) is 36.3 Å². The van der Waals surface area contributed by atoms with Crippen LogP contribution < -0.4 is 0 Å². The Morgan fingerprint density at radius 2 is 1.93 bits per heavy atom. The zero-order valence-electron chi connectivity index (χ0n) is 15.7. The van der Waals surface area contributed by atoms with Crippen LogP contribution in [0.15, 0.2) is 24.5 Å². The molecule has 0 saturated carbocycles. The summed E-state index contributed by atoms with van der Waals surface area (Å²) in [6.07, 6.45) is 1.34. The van der Waals surface area contributed by atoms with Crippen LogP contribution in [-0.2, 0) is 19.1 Å². The van der Waals surface area contributed by atoms with Crippen LogP contribution in [-0.4, -0.2) is 36.0 Å². The monoisotopic (exact) mass is 390 g/mol. The molecule has 0 unspecified atom stereocenters. The summed E-state index contributed by atoms with van der Waals surface area (Å²) in [5.74, 6) is 0.708. The molecule has 0 spiro atoms. The van der Waals surface area contributed by atoms with Gasteiger partial charge in [-0.15, -0.1) is 0 Å². The first kappa shape index (κ1) is 18.8. The fourth-order valence-corrected chi connectivity index (χ4v) is 3.68. The summed E-state index contributed by atoms with van der Waals surface area (Å²) in [6.45, 7) is 5.11. The Kier molecular flexibility index (Phi) is 4.78. The second-order valence-corrected chi connectivity index (χ2v) is 7.09. The molecule has 0 amide bonds. The Hall–Kier alpha value is -2.55. The number of likely N-dealkylation sites (tertiary alicyclic amines) is 1. The molecule has 0 aromatic carbocycles. The molecular formula is C19H21F3N6. The Labute approximate surface area is 160 Å². The average Bonchev–Trinajstić information content (AvgIpc) is 3.28. The van der Waals surface area contributed by atoms with Crippen LogP contribution in [0.4, 0.5) is 13.2 Å². The van der Waals surface area contributed by atoms with Gasteiger partial charge in [0.2, 0.25) is 0 Å². The van der Waals surface area contributed by atoms with Crippen molar-refractivity contribution in [1.82, 2.24) is 29.5 Å². The number of nitrogens with zero attached hydrogens (tertiary/aromatic N) is 6. The Morgan fingerprint density at radius 3 is 2.61 bits per heavy atom. The number of halogens is 3. The Morgan fingerprint density at radius 1 is 1.18 bits per heavy atom. The van der Waals surface area contributed by atoms with Gasteiger partial charge in [-0.1, -0.05) is 6.92 Å². The predicted molar refractivity (Wildman–Crippen MR) is 96.5 cm³/mol. The van der Waals surface area contributed by atoms with E-state index in [4.69, 9.17) is 0 Å². The van der Waals surface area contributed by atoms with Crippen molar-refractivity contribution >= 4 is 5.65 Å². The highest BCUT2D eigenvalue weighted by Crippen LogP contribution is 2.35. The minimum absolute atomic E-state index is 0.0471. The van der Waals surface area contributed by atoms with Crippen LogP contribution in [0.1, 0.15) is 54.3 Å². The van der Waals surface area contributed by atoms with E-state index in [0.29, 0.717) is 30.2 Å². The molecule has 3 aromatic heterocycles. The van der Waals surface area contributed by atoms with Gasteiger partial charge in [-0.05, 0) is 38.8 Å². The third kappa shape index (κ3) is 3.58. The summed E-state index contributed by atoms with van der Waals surface area (Å²) >= 11 is 0. The molecular weight excluding hydrogens is 369 g/mol. The van der Waals surface area contributed by atoms with Gasteiger partial charge < -0.3 is 0 Å². The van der Waals surface area contributed by atoms with E-state index in [-0.39, 0.29) is 11.7 Å². The van der Waals surface area contributed by atoms with Gasteiger partial charge in [-0.2, -0.15) is 18.3 Å². The highest BCUT2D eigenvalue weighted by Gasteiger charge is 2.36. The van der Waals surface area contributed by atoms with Gasteiger partial charge in [0.05, 0.1) is 11.7 Å². The molecule has 4 heterocycles. The lowest BCUT2D eigenvalue weighted by Crippen LogP contribution is -2.23. The molecule has 1 atom stereocenters. The van der Waals surface area contributed by atoms with Gasteiger partial charge in [0.1, 0.15) is 11.5 Å². The number of alkyl halides is 3. The summed E-state index contributed by atoms with van der Waals surface area (Å²) in [5, 5.41) is 4.30. The zero-order valence-corrected chi connectivity index (χ0v) is 15.7. The smallest absolute Gasteiger partial charge is 0.290 e. The molecule has 0 N–H and O–H groups in total. The Bertz CT molecular complexity index is 980. The minimum atomic E-state index is -4.48. The van der Waals surface area contributed by atoms with Crippen molar-refractivity contribution in [1.29, 1.82) is 0 Å². The molecule has 6 nitrogen and oxygen atoms in total. The largest absolute Gasteiger partial charge is 0.433 e. The summed E-state index contributed by atoms with van der Waals surface area (Å²) in [6, 6.07) is 2.72. The molecule has 0 radical (unpaired) electrons. The van der Waals surface area contributed by atoms with E-state index in [2.05, 4.69) is 25.0 Å². The van der Waals surface area contributed by atoms with Gasteiger partial charge in [0.25, 0.3) is 0 Å². The Balaban J connectivity index is 1.68. The third-order valence-corrected chi connectivity index (χ3v) is 5.08. The summed E-state index contributed by atoms with van der Waals surface area (Å²) in [5.41, 5.74) is 1.47. The first-order valence-electron chi connectivity index (χ1n) is 9.33. The van der Waals surface area contributed by atoms with Crippen molar-refractivity contribution in [2.75, 3.05) is 6.54 Å². The molecule has 3 aromatic rings. The van der Waals surface area contributed by atoms with Crippen molar-refractivity contribution in [2.45, 2.75) is 51.9 Å². The third-order valence-electron chi connectivity index (χ3n) is 5.08. The van der Waals surface area contributed by atoms with E-state index in [0.717, 1.165) is 35.5 Å². The van der Waals surface area contributed by atoms with E-state index in [1.54, 1.807) is 25.4 Å². The maximum atomic E-state index is 13.5. The number of fused-ring (bicyclic) bond motifs is 1. The lowest BCUT2D eigenvalue weighted by molar-refractivity contribution is -0.142. The second-order valence-electron chi connectivity index (χ2n) is 7.09. The van der Waals surface area contributed by atoms with Crippen LogP contribution in [0.3, 0.4) is 0 Å². The average molecular weight is 390 g/mol. The van der Waals surface area contributed by atoms with Crippen LogP contribution in [0.5, 0.6) is 0 Å².